The predicted octanol–water partition coefficient (Wildman–Crippen LogP) is 1.64. The number of carbonyl (C=O) groups excluding carboxylic acids is 1. The van der Waals surface area contributed by atoms with Crippen molar-refractivity contribution in [1.82, 2.24) is 14.8 Å². The van der Waals surface area contributed by atoms with Crippen molar-refractivity contribution in [2.45, 2.75) is 24.5 Å². The molecule has 0 spiro atoms. The molecule has 1 saturated carbocycles. The molecule has 7 heteroatoms. The van der Waals surface area contributed by atoms with Crippen molar-refractivity contribution in [3.63, 3.8) is 0 Å². The molecule has 3 aromatic rings. The number of fused-ring (bicyclic) bond motifs is 1. The second-order valence-electron chi connectivity index (χ2n) is 7.07. The topological polar surface area (TPSA) is 90.9 Å². The summed E-state index contributed by atoms with van der Waals surface area (Å²) in [6.45, 7) is 2.26. The molecule has 6 nitrogen and oxygen atoms in total. The van der Waals surface area contributed by atoms with Crippen molar-refractivity contribution in [3.8, 4) is 11.1 Å². The molecule has 0 unspecified atom stereocenters. The Morgan fingerprint density at radius 3 is 2.63 bits per heavy atom. The Kier molecular flexibility index (Phi) is 4.60. The first-order chi connectivity index (χ1) is 12.9. The minimum atomic E-state index is -0.514. The fourth-order valence-electron chi connectivity index (χ4n) is 3.22. The van der Waals surface area contributed by atoms with Crippen LogP contribution < -0.4 is 15.6 Å². The Labute approximate surface area is 163 Å². The molecule has 1 radical (unpaired) electrons. The molecule has 2 aromatic heterocycles. The maximum absolute atomic E-state index is 11.9. The van der Waals surface area contributed by atoms with Crippen molar-refractivity contribution in [2.75, 3.05) is 0 Å². The molecule has 0 saturated heterocycles. The zero-order valence-electron chi connectivity index (χ0n) is 15.2. The van der Waals surface area contributed by atoms with Gasteiger partial charge in [0.05, 0.1) is 0 Å². The molecule has 1 fully saturated rings. The summed E-state index contributed by atoms with van der Waals surface area (Å²) in [7, 11) is 1.73. The number of aromatic nitrogens is 3. The van der Waals surface area contributed by atoms with E-state index in [-0.39, 0.29) is 21.3 Å². The fraction of sp³-hybridized carbons (Fsp3) is 0.300. The van der Waals surface area contributed by atoms with Gasteiger partial charge in [-0.15, -0.1) is 0 Å². The van der Waals surface area contributed by atoms with Gasteiger partial charge in [-0.25, -0.2) is 0 Å². The minimum absolute atomic E-state index is 0.0502. The molecule has 1 amide bonds. The van der Waals surface area contributed by atoms with Crippen LogP contribution in [0, 0.1) is 5.92 Å². The third-order valence-electron chi connectivity index (χ3n) is 5.02. The monoisotopic (exact) mass is 423 g/mol. The Morgan fingerprint density at radius 1 is 1.22 bits per heavy atom. The van der Waals surface area contributed by atoms with Gasteiger partial charge in [0.1, 0.15) is 0 Å². The first kappa shape index (κ1) is 17.9. The van der Waals surface area contributed by atoms with Gasteiger partial charge in [0, 0.05) is 0 Å². The zero-order valence-corrected chi connectivity index (χ0v) is 17.1. The quantitative estimate of drug-likeness (QED) is 0.632. The van der Waals surface area contributed by atoms with Crippen LogP contribution in [0.4, 0.5) is 0 Å². The van der Waals surface area contributed by atoms with E-state index < -0.39 is 5.91 Å². The van der Waals surface area contributed by atoms with Gasteiger partial charge in [0.2, 0.25) is 0 Å². The summed E-state index contributed by atoms with van der Waals surface area (Å²) >= 11 is -0.222. The summed E-state index contributed by atoms with van der Waals surface area (Å²) in [6, 6.07) is 9.31. The molecule has 2 N–H and O–H groups in total. The van der Waals surface area contributed by atoms with Crippen LogP contribution in [0.15, 0.2) is 41.3 Å². The predicted molar refractivity (Wildman–Crippen MR) is 106 cm³/mol. The second-order valence-corrected chi connectivity index (χ2v) is 10.3. The second kappa shape index (κ2) is 6.93. The van der Waals surface area contributed by atoms with Gasteiger partial charge in [-0.2, -0.15) is 0 Å². The van der Waals surface area contributed by atoms with E-state index in [0.717, 1.165) is 32.3 Å². The Hall–Kier alpha value is -2.46. The van der Waals surface area contributed by atoms with Crippen molar-refractivity contribution in [1.29, 1.82) is 0 Å². The van der Waals surface area contributed by atoms with Crippen LogP contribution in [0.1, 0.15) is 30.3 Å². The maximum atomic E-state index is 11.9. The molecule has 1 aliphatic carbocycles. The summed E-state index contributed by atoms with van der Waals surface area (Å²) in [5.74, 6) is 0.249. The van der Waals surface area contributed by atoms with Crippen LogP contribution in [-0.4, -0.2) is 36.4 Å². The van der Waals surface area contributed by atoms with Crippen LogP contribution >= 0.6 is 0 Å². The summed E-state index contributed by atoms with van der Waals surface area (Å²) < 4.78 is 3.11. The first-order valence-electron chi connectivity index (χ1n) is 8.92. The molecule has 137 valence electrons. The number of pyridine rings is 1. The van der Waals surface area contributed by atoms with Crippen LogP contribution in [0.25, 0.3) is 22.0 Å². The van der Waals surface area contributed by atoms with Crippen LogP contribution in [0.5, 0.6) is 0 Å². The SMILES string of the molecule is C[C@@H]([As]c1c(C(N)=O)nnc2cc(-c3ccc(=O)n(C)c3)ccc12)C1CC1. The number of rotatable bonds is 5. The number of primary amides is 1. The molecular weight excluding hydrogens is 403 g/mol. The van der Waals surface area contributed by atoms with E-state index in [1.54, 1.807) is 29.9 Å². The van der Waals surface area contributed by atoms with Crippen LogP contribution in [0.2, 0.25) is 4.71 Å². The Bertz CT molecular complexity index is 1100. The van der Waals surface area contributed by atoms with E-state index in [1.165, 1.54) is 12.8 Å². The van der Waals surface area contributed by atoms with Crippen LogP contribution in [0.3, 0.4) is 0 Å². The molecule has 1 aromatic carbocycles. The number of carbonyl (C=O) groups is 1. The van der Waals surface area contributed by atoms with Gasteiger partial charge in [-0.3, -0.25) is 0 Å². The average molecular weight is 423 g/mol. The molecule has 4 rings (SSSR count). The fourth-order valence-corrected chi connectivity index (χ4v) is 6.41. The standard InChI is InChI=1S/C20H20AsN4O2/c1-11(12-3-4-12)21-18-15-7-5-13(14-6-8-17(26)25(2)10-14)9-16(15)23-24-19(18)20(22)27/h5-12H,3-4H2,1-2H3,(H2,22,27)/t11-/m1/s1. The van der Waals surface area contributed by atoms with E-state index in [4.69, 9.17) is 5.73 Å². The molecule has 0 bridgehead atoms. The van der Waals surface area contributed by atoms with E-state index in [2.05, 4.69) is 17.1 Å². The van der Waals surface area contributed by atoms with Crippen molar-refractivity contribution in [2.24, 2.45) is 18.7 Å². The number of aryl methyl sites for hydroxylation is 1. The number of hydrogen-bond acceptors (Lipinski definition) is 4. The number of nitrogens with two attached hydrogens (primary N) is 1. The Morgan fingerprint density at radius 2 is 1.96 bits per heavy atom. The number of nitrogens with zero attached hydrogens (tertiary/aromatic N) is 3. The third kappa shape index (κ3) is 3.54. The van der Waals surface area contributed by atoms with E-state index >= 15 is 0 Å². The summed E-state index contributed by atoms with van der Waals surface area (Å²) in [4.78, 5) is 23.5. The van der Waals surface area contributed by atoms with Gasteiger partial charge in [0.25, 0.3) is 0 Å². The van der Waals surface area contributed by atoms with E-state index in [0.29, 0.717) is 10.4 Å². The van der Waals surface area contributed by atoms with Gasteiger partial charge < -0.3 is 0 Å². The van der Waals surface area contributed by atoms with Gasteiger partial charge >= 0.3 is 163 Å². The Balaban J connectivity index is 1.82. The third-order valence-corrected chi connectivity index (χ3v) is 8.26. The zero-order chi connectivity index (χ0) is 19.1. The first-order valence-corrected chi connectivity index (χ1v) is 10.9. The van der Waals surface area contributed by atoms with Gasteiger partial charge in [-0.05, 0) is 0 Å². The summed E-state index contributed by atoms with van der Waals surface area (Å²) in [5, 5.41) is 9.36. The summed E-state index contributed by atoms with van der Waals surface area (Å²) in [6.07, 6.45) is 4.35. The number of benzene rings is 1. The van der Waals surface area contributed by atoms with Crippen LogP contribution in [-0.2, 0) is 7.05 Å². The van der Waals surface area contributed by atoms with E-state index in [9.17, 15) is 9.59 Å². The molecule has 2 heterocycles. The molecule has 27 heavy (non-hydrogen) atoms. The number of amides is 1. The number of hydrogen-bond donors (Lipinski definition) is 1. The van der Waals surface area contributed by atoms with E-state index in [1.807, 2.05) is 18.2 Å². The average Bonchev–Trinajstić information content (AvgIpc) is 3.48. The van der Waals surface area contributed by atoms with Crippen molar-refractivity contribution >= 4 is 36.9 Å². The normalized spacial score (nSPS) is 15.5. The molecular formula is C20H20AsN4O2. The summed E-state index contributed by atoms with van der Waals surface area (Å²) in [5.41, 5.74) is 8.46. The molecule has 0 aliphatic heterocycles. The van der Waals surface area contributed by atoms with Crippen molar-refractivity contribution < 1.29 is 4.79 Å². The van der Waals surface area contributed by atoms with Gasteiger partial charge in [0.15, 0.2) is 0 Å². The molecule has 1 atom stereocenters. The van der Waals surface area contributed by atoms with Crippen molar-refractivity contribution in [3.05, 3.63) is 52.6 Å². The van der Waals surface area contributed by atoms with Gasteiger partial charge in [-0.1, -0.05) is 0 Å². The molecule has 1 aliphatic rings.